The van der Waals surface area contributed by atoms with Crippen LogP contribution in [-0.4, -0.2) is 48.6 Å². The van der Waals surface area contributed by atoms with E-state index in [0.717, 1.165) is 27.0 Å². The van der Waals surface area contributed by atoms with E-state index in [4.69, 9.17) is 14.2 Å². The lowest BCUT2D eigenvalue weighted by molar-refractivity contribution is -0.437. The SMILES string of the molecule is C=CC(=O)OCCOc1ccc(C2=CS[N+](C)(S/C=C(\S)c3ccc(OCCOC=O)cc3)S2)cc1. The van der Waals surface area contributed by atoms with Crippen LogP contribution in [0.1, 0.15) is 11.1 Å². The zero-order chi connectivity index (χ0) is 25.8. The predicted octanol–water partition coefficient (Wildman–Crippen LogP) is 5.98. The largest absolute Gasteiger partial charge is 0.490 e. The quantitative estimate of drug-likeness (QED) is 0.0568. The number of carbonyl (C=O) groups excluding carboxylic acids is 2. The molecular weight excluding hydrogens is 539 g/mol. The number of hydrogen-bond donors (Lipinski definition) is 1. The second-order valence-electron chi connectivity index (χ2n) is 7.14. The van der Waals surface area contributed by atoms with E-state index in [1.807, 2.05) is 53.9 Å². The third-order valence-corrected chi connectivity index (χ3v) is 9.08. The van der Waals surface area contributed by atoms with Crippen LogP contribution in [0, 0.1) is 0 Å². The van der Waals surface area contributed by atoms with Gasteiger partial charge in [-0.2, -0.15) is 0 Å². The Kier molecular flexibility index (Phi) is 11.2. The molecule has 1 heterocycles. The molecule has 11 heteroatoms. The zero-order valence-corrected chi connectivity index (χ0v) is 22.9. The van der Waals surface area contributed by atoms with Crippen LogP contribution in [0.15, 0.2) is 72.0 Å². The standard InChI is InChI=1S/C25H25NO6S4/c1-3-25(28)32-15-14-31-22-10-6-20(7-11-22)24-17-35-26(2,36-24)34-16-23(33)19-4-8-21(9-5-19)30-13-12-29-18-27/h3-11,16-18H,1,12-15H2,2H3/p+1/b23-16-. The Morgan fingerprint density at radius 3 is 2.31 bits per heavy atom. The minimum Gasteiger partial charge on any atom is -0.490 e. The molecule has 0 aromatic heterocycles. The maximum Gasteiger partial charge on any atom is 0.330 e. The maximum atomic E-state index is 11.1. The molecule has 0 amide bonds. The summed E-state index contributed by atoms with van der Waals surface area (Å²) in [4.78, 5) is 23.2. The summed E-state index contributed by atoms with van der Waals surface area (Å²) in [6.07, 6.45) is 1.13. The lowest BCUT2D eigenvalue weighted by Gasteiger charge is -2.19. The summed E-state index contributed by atoms with van der Waals surface area (Å²) in [5.74, 6) is 0.954. The average Bonchev–Trinajstić information content (AvgIpc) is 3.30. The molecule has 0 bridgehead atoms. The number of quaternary nitrogens is 1. The predicted molar refractivity (Wildman–Crippen MR) is 151 cm³/mol. The minimum absolute atomic E-state index is 0.174. The zero-order valence-electron chi connectivity index (χ0n) is 19.5. The summed E-state index contributed by atoms with van der Waals surface area (Å²) < 4.78 is 21.3. The number of benzene rings is 2. The number of carbonyl (C=O) groups is 2. The van der Waals surface area contributed by atoms with E-state index in [9.17, 15) is 9.59 Å². The lowest BCUT2D eigenvalue weighted by atomic mass is 10.2. The topological polar surface area (TPSA) is 71.1 Å². The fourth-order valence-electron chi connectivity index (χ4n) is 2.80. The fraction of sp³-hybridized carbons (Fsp3) is 0.200. The summed E-state index contributed by atoms with van der Waals surface area (Å²) >= 11 is 9.76. The van der Waals surface area contributed by atoms with Gasteiger partial charge in [0, 0.05) is 16.4 Å². The second kappa shape index (κ2) is 14.3. The maximum absolute atomic E-state index is 11.1. The molecule has 0 fully saturated rings. The molecule has 1 atom stereocenters. The van der Waals surface area contributed by atoms with Crippen molar-refractivity contribution < 1.29 is 31.2 Å². The van der Waals surface area contributed by atoms with E-state index >= 15 is 0 Å². The molecule has 0 N–H and O–H groups in total. The molecule has 0 radical (unpaired) electrons. The number of thiol groups is 1. The van der Waals surface area contributed by atoms with Gasteiger partial charge in [-0.3, -0.25) is 4.79 Å². The minimum atomic E-state index is -0.461. The van der Waals surface area contributed by atoms with E-state index in [1.54, 1.807) is 35.8 Å². The van der Waals surface area contributed by atoms with Crippen molar-refractivity contribution >= 4 is 70.7 Å². The molecule has 190 valence electrons. The first-order valence-corrected chi connectivity index (χ1v) is 13.6. The van der Waals surface area contributed by atoms with Gasteiger partial charge in [0.15, 0.2) is 0 Å². The van der Waals surface area contributed by atoms with Gasteiger partial charge in [-0.15, -0.1) is 15.3 Å². The van der Waals surface area contributed by atoms with Crippen LogP contribution < -0.4 is 9.47 Å². The van der Waals surface area contributed by atoms with Crippen LogP contribution in [0.3, 0.4) is 0 Å². The summed E-state index contributed by atoms with van der Waals surface area (Å²) in [5.41, 5.74) is 2.08. The van der Waals surface area contributed by atoms with Gasteiger partial charge in [-0.05, 0) is 47.5 Å². The molecular formula is C25H26NO6S4+. The van der Waals surface area contributed by atoms with Crippen molar-refractivity contribution in [2.45, 2.75) is 0 Å². The number of nitrogens with zero attached hydrogens (tertiary/aromatic N) is 1. The molecule has 1 unspecified atom stereocenters. The number of esters is 1. The molecule has 1 aliphatic rings. The van der Waals surface area contributed by atoms with Crippen LogP contribution in [0.5, 0.6) is 11.5 Å². The van der Waals surface area contributed by atoms with Crippen molar-refractivity contribution in [3.63, 3.8) is 0 Å². The summed E-state index contributed by atoms with van der Waals surface area (Å²) in [7, 11) is 2.13. The molecule has 0 spiro atoms. The van der Waals surface area contributed by atoms with Gasteiger partial charge in [0.25, 0.3) is 6.47 Å². The highest BCUT2D eigenvalue weighted by Crippen LogP contribution is 2.55. The van der Waals surface area contributed by atoms with Crippen molar-refractivity contribution in [2.75, 3.05) is 33.5 Å². The first-order valence-electron chi connectivity index (χ1n) is 10.8. The van der Waals surface area contributed by atoms with Gasteiger partial charge in [0.05, 0.1) is 10.3 Å². The first kappa shape index (κ1) is 28.1. The molecule has 0 saturated heterocycles. The Morgan fingerprint density at radius 2 is 1.67 bits per heavy atom. The number of rotatable bonds is 14. The van der Waals surface area contributed by atoms with E-state index in [1.165, 1.54) is 0 Å². The van der Waals surface area contributed by atoms with Crippen molar-refractivity contribution in [2.24, 2.45) is 0 Å². The molecule has 7 nitrogen and oxygen atoms in total. The first-order chi connectivity index (χ1) is 17.4. The Hall–Kier alpha value is -2.44. The van der Waals surface area contributed by atoms with Gasteiger partial charge in [0.1, 0.15) is 80.8 Å². The molecule has 2 aromatic carbocycles. The second-order valence-corrected chi connectivity index (χ2v) is 12.0. The van der Waals surface area contributed by atoms with Crippen LogP contribution in [0.25, 0.3) is 9.81 Å². The van der Waals surface area contributed by atoms with E-state index in [0.29, 0.717) is 27.3 Å². The van der Waals surface area contributed by atoms with Crippen LogP contribution in [0.2, 0.25) is 0 Å². The molecule has 0 saturated carbocycles. The van der Waals surface area contributed by atoms with Crippen LogP contribution in [-0.2, 0) is 19.1 Å². The van der Waals surface area contributed by atoms with Crippen LogP contribution in [0.4, 0.5) is 0 Å². The summed E-state index contributed by atoms with van der Waals surface area (Å²) in [6, 6.07) is 15.4. The van der Waals surface area contributed by atoms with Crippen LogP contribution >= 0.6 is 48.5 Å². The lowest BCUT2D eigenvalue weighted by Crippen LogP contribution is -2.13. The van der Waals surface area contributed by atoms with E-state index in [-0.39, 0.29) is 19.8 Å². The normalized spacial score (nSPS) is 17.2. The smallest absolute Gasteiger partial charge is 0.330 e. The molecule has 3 rings (SSSR count). The van der Waals surface area contributed by atoms with Crippen molar-refractivity contribution in [1.82, 2.24) is 0 Å². The van der Waals surface area contributed by atoms with Gasteiger partial charge >= 0.3 is 5.97 Å². The molecule has 1 aliphatic heterocycles. The highest BCUT2D eigenvalue weighted by molar-refractivity contribution is 8.25. The Balaban J connectivity index is 1.47. The van der Waals surface area contributed by atoms with Gasteiger partial charge in [0.2, 0.25) is 0 Å². The van der Waals surface area contributed by atoms with Crippen molar-refractivity contribution in [1.29, 1.82) is 0 Å². The fourth-order valence-corrected chi connectivity index (χ4v) is 6.38. The van der Waals surface area contributed by atoms with Gasteiger partial charge in [-0.1, -0.05) is 18.7 Å². The molecule has 2 aromatic rings. The third kappa shape index (κ3) is 8.90. The number of ether oxygens (including phenoxy) is 4. The Labute approximate surface area is 229 Å². The molecule has 36 heavy (non-hydrogen) atoms. The molecule has 0 aliphatic carbocycles. The van der Waals surface area contributed by atoms with Gasteiger partial charge in [-0.25, -0.2) is 4.79 Å². The Bertz CT molecular complexity index is 1100. The Morgan fingerprint density at radius 1 is 1.03 bits per heavy atom. The van der Waals surface area contributed by atoms with Crippen molar-refractivity contribution in [3.8, 4) is 11.5 Å². The average molecular weight is 565 g/mol. The number of hydrogen-bond acceptors (Lipinski definition) is 10. The monoisotopic (exact) mass is 564 g/mol. The van der Waals surface area contributed by atoms with E-state index < -0.39 is 5.97 Å². The van der Waals surface area contributed by atoms with Gasteiger partial charge < -0.3 is 18.9 Å². The highest BCUT2D eigenvalue weighted by atomic mass is 32.3. The summed E-state index contributed by atoms with van der Waals surface area (Å²) in [6.45, 7) is 4.74. The summed E-state index contributed by atoms with van der Waals surface area (Å²) in [5, 5.41) is 4.18. The third-order valence-electron chi connectivity index (χ3n) is 4.56. The highest BCUT2D eigenvalue weighted by Gasteiger charge is 2.35. The van der Waals surface area contributed by atoms with Crippen molar-refractivity contribution in [3.05, 3.63) is 83.1 Å². The van der Waals surface area contributed by atoms with E-state index in [2.05, 4.69) is 36.4 Å².